The summed E-state index contributed by atoms with van der Waals surface area (Å²) in [7, 11) is 0. The summed E-state index contributed by atoms with van der Waals surface area (Å²) >= 11 is 0. The lowest BCUT2D eigenvalue weighted by molar-refractivity contribution is 0.0953. The van der Waals surface area contributed by atoms with Gasteiger partial charge in [0.05, 0.1) is 24.6 Å². The van der Waals surface area contributed by atoms with Gasteiger partial charge in [0.1, 0.15) is 11.5 Å². The largest absolute Gasteiger partial charge is 0.469 e. The normalized spacial score (nSPS) is 11.1. The smallest absolute Gasteiger partial charge is 0.274 e. The van der Waals surface area contributed by atoms with E-state index in [1.807, 2.05) is 59.4 Å². The number of hydrogen-bond acceptors (Lipinski definition) is 4. The summed E-state index contributed by atoms with van der Waals surface area (Å²) in [6, 6.07) is 21.6. The van der Waals surface area contributed by atoms with Crippen LogP contribution in [0.25, 0.3) is 11.3 Å². The van der Waals surface area contributed by atoms with Gasteiger partial charge in [0, 0.05) is 17.3 Å². The van der Waals surface area contributed by atoms with Crippen LogP contribution in [0.3, 0.4) is 0 Å². The van der Waals surface area contributed by atoms with Crippen molar-refractivity contribution in [1.29, 1.82) is 0 Å². The van der Waals surface area contributed by atoms with Gasteiger partial charge in [-0.3, -0.25) is 9.48 Å². The third kappa shape index (κ3) is 4.32. The molecule has 0 aliphatic heterocycles. The predicted octanol–water partition coefficient (Wildman–Crippen LogP) is 4.26. The Morgan fingerprint density at radius 2 is 1.83 bits per heavy atom. The minimum atomic E-state index is -0.314. The van der Waals surface area contributed by atoms with Gasteiger partial charge in [0.25, 0.3) is 5.91 Å². The Bertz CT molecular complexity index is 1130. The molecule has 2 aromatic carbocycles. The molecule has 2 heterocycles. The number of carbonyl (C=O) groups excluding carboxylic acids is 1. The molecule has 4 rings (SSSR count). The summed E-state index contributed by atoms with van der Waals surface area (Å²) in [4.78, 5) is 12.2. The van der Waals surface area contributed by atoms with Crippen LogP contribution in [-0.2, 0) is 6.54 Å². The number of amides is 1. The highest BCUT2D eigenvalue weighted by molar-refractivity contribution is 5.96. The van der Waals surface area contributed by atoms with Crippen molar-refractivity contribution < 1.29 is 9.21 Å². The fraction of sp³-hybridized carbons (Fsp3) is 0.0870. The average molecular weight is 384 g/mol. The fourth-order valence-electron chi connectivity index (χ4n) is 3.04. The first-order valence-corrected chi connectivity index (χ1v) is 9.25. The molecule has 0 aliphatic rings. The van der Waals surface area contributed by atoms with Crippen LogP contribution < -0.4 is 5.43 Å². The topological polar surface area (TPSA) is 72.4 Å². The van der Waals surface area contributed by atoms with Crippen molar-refractivity contribution >= 4 is 12.1 Å². The molecule has 1 N–H and O–H groups in total. The van der Waals surface area contributed by atoms with E-state index in [9.17, 15) is 4.79 Å². The SMILES string of the molecule is Cc1occc1C(=O)NN=Cc1cn(Cc2ccccc2)nc1-c1ccccc1. The van der Waals surface area contributed by atoms with E-state index in [-0.39, 0.29) is 5.91 Å². The molecule has 0 saturated carbocycles. The molecule has 0 fully saturated rings. The van der Waals surface area contributed by atoms with Gasteiger partial charge in [-0.05, 0) is 18.6 Å². The number of furan rings is 1. The third-order valence-corrected chi connectivity index (χ3v) is 4.50. The van der Waals surface area contributed by atoms with Crippen molar-refractivity contribution in [2.24, 2.45) is 5.10 Å². The molecule has 4 aromatic rings. The number of aromatic nitrogens is 2. The van der Waals surface area contributed by atoms with Crippen LogP contribution >= 0.6 is 0 Å². The van der Waals surface area contributed by atoms with Crippen molar-refractivity contribution in [2.45, 2.75) is 13.5 Å². The number of hydrogen-bond donors (Lipinski definition) is 1. The van der Waals surface area contributed by atoms with E-state index in [0.29, 0.717) is 17.9 Å². The molecule has 6 heteroatoms. The van der Waals surface area contributed by atoms with Crippen LogP contribution in [0.2, 0.25) is 0 Å². The van der Waals surface area contributed by atoms with E-state index in [1.165, 1.54) is 6.26 Å². The number of nitrogens with zero attached hydrogens (tertiary/aromatic N) is 3. The first kappa shape index (κ1) is 18.4. The van der Waals surface area contributed by atoms with Crippen molar-refractivity contribution in [1.82, 2.24) is 15.2 Å². The second kappa shape index (κ2) is 8.39. The molecule has 0 saturated heterocycles. The van der Waals surface area contributed by atoms with Gasteiger partial charge in [-0.2, -0.15) is 10.2 Å². The minimum absolute atomic E-state index is 0.314. The molecule has 0 atom stereocenters. The molecule has 29 heavy (non-hydrogen) atoms. The number of nitrogens with one attached hydrogen (secondary N) is 1. The van der Waals surface area contributed by atoms with Crippen LogP contribution in [0, 0.1) is 6.92 Å². The number of rotatable bonds is 6. The Balaban J connectivity index is 1.59. The Morgan fingerprint density at radius 1 is 1.10 bits per heavy atom. The lowest BCUT2D eigenvalue weighted by Crippen LogP contribution is -2.17. The zero-order valence-corrected chi connectivity index (χ0v) is 15.9. The van der Waals surface area contributed by atoms with E-state index >= 15 is 0 Å². The maximum Gasteiger partial charge on any atom is 0.274 e. The van der Waals surface area contributed by atoms with Gasteiger partial charge in [0.15, 0.2) is 0 Å². The van der Waals surface area contributed by atoms with Crippen molar-refractivity contribution in [3.8, 4) is 11.3 Å². The highest BCUT2D eigenvalue weighted by atomic mass is 16.3. The molecule has 6 nitrogen and oxygen atoms in total. The van der Waals surface area contributed by atoms with E-state index < -0.39 is 0 Å². The van der Waals surface area contributed by atoms with Crippen molar-refractivity contribution in [2.75, 3.05) is 0 Å². The van der Waals surface area contributed by atoms with Gasteiger partial charge < -0.3 is 4.42 Å². The summed E-state index contributed by atoms with van der Waals surface area (Å²) in [5.74, 6) is 0.240. The van der Waals surface area contributed by atoms with Crippen LogP contribution in [0.1, 0.15) is 27.2 Å². The quantitative estimate of drug-likeness (QED) is 0.399. The fourth-order valence-corrected chi connectivity index (χ4v) is 3.04. The van der Waals surface area contributed by atoms with Gasteiger partial charge in [-0.1, -0.05) is 60.7 Å². The van der Waals surface area contributed by atoms with Crippen LogP contribution in [0.5, 0.6) is 0 Å². The van der Waals surface area contributed by atoms with Crippen LogP contribution in [0.4, 0.5) is 0 Å². The predicted molar refractivity (Wildman–Crippen MR) is 112 cm³/mol. The summed E-state index contributed by atoms with van der Waals surface area (Å²) in [5, 5.41) is 8.86. The summed E-state index contributed by atoms with van der Waals surface area (Å²) in [6.07, 6.45) is 5.02. The molecule has 0 spiro atoms. The van der Waals surface area contributed by atoms with Gasteiger partial charge in [-0.15, -0.1) is 0 Å². The van der Waals surface area contributed by atoms with E-state index in [0.717, 1.165) is 22.4 Å². The van der Waals surface area contributed by atoms with E-state index in [2.05, 4.69) is 22.7 Å². The highest BCUT2D eigenvalue weighted by Gasteiger charge is 2.12. The maximum absolute atomic E-state index is 12.2. The Kier molecular flexibility index (Phi) is 5.33. The lowest BCUT2D eigenvalue weighted by atomic mass is 10.1. The number of carbonyl (C=O) groups is 1. The first-order chi connectivity index (χ1) is 14.2. The Morgan fingerprint density at radius 3 is 2.52 bits per heavy atom. The van der Waals surface area contributed by atoms with Gasteiger partial charge in [0.2, 0.25) is 0 Å². The standard InChI is InChI=1S/C23H20N4O2/c1-17-21(12-13-29-17)23(28)25-24-14-20-16-27(15-18-8-4-2-5-9-18)26-22(20)19-10-6-3-7-11-19/h2-14,16H,15H2,1H3,(H,25,28). The van der Waals surface area contributed by atoms with Crippen LogP contribution in [-0.4, -0.2) is 21.9 Å². The monoisotopic (exact) mass is 384 g/mol. The third-order valence-electron chi connectivity index (χ3n) is 4.50. The number of benzene rings is 2. The summed E-state index contributed by atoms with van der Waals surface area (Å²) in [6.45, 7) is 2.38. The highest BCUT2D eigenvalue weighted by Crippen LogP contribution is 2.21. The van der Waals surface area contributed by atoms with Crippen LogP contribution in [0.15, 0.2) is 88.7 Å². The lowest BCUT2D eigenvalue weighted by Gasteiger charge is -2.01. The van der Waals surface area contributed by atoms with Gasteiger partial charge in [-0.25, -0.2) is 5.43 Å². The molecule has 0 radical (unpaired) electrons. The molecular formula is C23H20N4O2. The molecule has 1 amide bonds. The number of aryl methyl sites for hydroxylation is 1. The van der Waals surface area contributed by atoms with E-state index in [1.54, 1.807) is 19.2 Å². The second-order valence-electron chi connectivity index (χ2n) is 6.57. The molecular weight excluding hydrogens is 364 g/mol. The summed E-state index contributed by atoms with van der Waals surface area (Å²) in [5.41, 5.74) is 6.77. The molecule has 0 aliphatic carbocycles. The molecule has 0 bridgehead atoms. The second-order valence-corrected chi connectivity index (χ2v) is 6.57. The average Bonchev–Trinajstić information content (AvgIpc) is 3.35. The van der Waals surface area contributed by atoms with Crippen molar-refractivity contribution in [3.05, 3.63) is 102 Å². The molecule has 2 aromatic heterocycles. The number of hydrazone groups is 1. The summed E-state index contributed by atoms with van der Waals surface area (Å²) < 4.78 is 7.04. The van der Waals surface area contributed by atoms with Crippen molar-refractivity contribution in [3.63, 3.8) is 0 Å². The zero-order valence-electron chi connectivity index (χ0n) is 15.9. The molecule has 144 valence electrons. The van der Waals surface area contributed by atoms with E-state index in [4.69, 9.17) is 9.52 Å². The van der Waals surface area contributed by atoms with Gasteiger partial charge >= 0.3 is 0 Å². The first-order valence-electron chi connectivity index (χ1n) is 9.25. The minimum Gasteiger partial charge on any atom is -0.469 e. The zero-order chi connectivity index (χ0) is 20.1. The Hall–Kier alpha value is -3.93. The molecule has 0 unspecified atom stereocenters. The Labute approximate surface area is 168 Å². The maximum atomic E-state index is 12.2.